The van der Waals surface area contributed by atoms with Crippen molar-refractivity contribution in [2.75, 3.05) is 35.8 Å². The third kappa shape index (κ3) is 4.04. The molecule has 1 unspecified atom stereocenters. The first-order valence-corrected chi connectivity index (χ1v) is 11.9. The van der Waals surface area contributed by atoms with E-state index in [0.717, 1.165) is 23.9 Å². The summed E-state index contributed by atoms with van der Waals surface area (Å²) in [6, 6.07) is 7.10. The summed E-state index contributed by atoms with van der Waals surface area (Å²) in [4.78, 5) is 14.2. The summed E-state index contributed by atoms with van der Waals surface area (Å²) in [6.45, 7) is 0.603. The van der Waals surface area contributed by atoms with Gasteiger partial charge in [0.15, 0.2) is 9.84 Å². The third-order valence-corrected chi connectivity index (χ3v) is 7.86. The maximum absolute atomic E-state index is 12.6. The van der Waals surface area contributed by atoms with Crippen molar-refractivity contribution in [1.29, 1.82) is 0 Å². The van der Waals surface area contributed by atoms with E-state index in [2.05, 4.69) is 0 Å². The number of para-hydroxylation sites is 1. The number of hydrogen-bond acceptors (Lipinski definition) is 5. The molecule has 2 aliphatic rings. The summed E-state index contributed by atoms with van der Waals surface area (Å²) >= 11 is 0. The molecule has 0 aliphatic carbocycles. The normalized spacial score (nSPS) is 22.3. The summed E-state index contributed by atoms with van der Waals surface area (Å²) < 4.78 is 48.6. The Morgan fingerprint density at radius 3 is 2.68 bits per heavy atom. The van der Waals surface area contributed by atoms with Crippen LogP contribution in [-0.2, 0) is 31.1 Å². The first-order chi connectivity index (χ1) is 11.7. The van der Waals surface area contributed by atoms with Gasteiger partial charge in [-0.05, 0) is 24.5 Å². The first-order valence-electron chi connectivity index (χ1n) is 8.23. The van der Waals surface area contributed by atoms with Crippen LogP contribution < -0.4 is 4.90 Å². The lowest BCUT2D eigenvalue weighted by Gasteiger charge is -2.26. The van der Waals surface area contributed by atoms with E-state index in [-0.39, 0.29) is 36.8 Å². The molecule has 0 radical (unpaired) electrons. The number of nitrogens with zero attached hydrogens (tertiary/aromatic N) is 2. The molecule has 1 amide bonds. The molecule has 1 atom stereocenters. The molecule has 9 heteroatoms. The number of sulfonamides is 1. The number of rotatable bonds is 5. The number of anilines is 1. The average molecular weight is 386 g/mol. The average Bonchev–Trinajstić information content (AvgIpc) is 3.09. The lowest BCUT2D eigenvalue weighted by Crippen LogP contribution is -2.43. The van der Waals surface area contributed by atoms with Crippen LogP contribution in [0.5, 0.6) is 0 Å². The van der Waals surface area contributed by atoms with Crippen LogP contribution in [0.1, 0.15) is 18.4 Å². The van der Waals surface area contributed by atoms with Gasteiger partial charge in [-0.15, -0.1) is 0 Å². The van der Waals surface area contributed by atoms with Crippen LogP contribution in [0.3, 0.4) is 0 Å². The van der Waals surface area contributed by atoms with Gasteiger partial charge in [-0.1, -0.05) is 18.2 Å². The van der Waals surface area contributed by atoms with E-state index in [1.807, 2.05) is 24.3 Å². The van der Waals surface area contributed by atoms with Crippen LogP contribution in [0.25, 0.3) is 0 Å². The minimum atomic E-state index is -3.58. The van der Waals surface area contributed by atoms with Crippen molar-refractivity contribution in [3.8, 4) is 0 Å². The minimum absolute atomic E-state index is 0.00284. The molecule has 0 saturated carbocycles. The van der Waals surface area contributed by atoms with Gasteiger partial charge in [0.1, 0.15) is 0 Å². The molecule has 1 aromatic carbocycles. The van der Waals surface area contributed by atoms with Gasteiger partial charge in [0.05, 0.1) is 17.8 Å². The number of benzene rings is 1. The van der Waals surface area contributed by atoms with Crippen molar-refractivity contribution >= 4 is 31.5 Å². The summed E-state index contributed by atoms with van der Waals surface area (Å²) in [6.07, 6.45) is 2.18. The van der Waals surface area contributed by atoms with Gasteiger partial charge in [-0.3, -0.25) is 4.79 Å². The van der Waals surface area contributed by atoms with Gasteiger partial charge in [-0.2, -0.15) is 4.31 Å². The van der Waals surface area contributed by atoms with E-state index in [9.17, 15) is 21.6 Å². The fraction of sp³-hybridized carbons (Fsp3) is 0.562. The largest absolute Gasteiger partial charge is 0.312 e. The Morgan fingerprint density at radius 2 is 2.04 bits per heavy atom. The standard InChI is InChI=1S/C16H22N2O5S2/c1-24(20,21)18(14-8-11-25(22,23)12-14)10-7-16(19)17-9-6-13-4-2-3-5-15(13)17/h2-5,14H,6-12H2,1H3. The lowest BCUT2D eigenvalue weighted by atomic mass is 10.2. The van der Waals surface area contributed by atoms with Crippen molar-refractivity contribution < 1.29 is 21.6 Å². The van der Waals surface area contributed by atoms with E-state index in [1.165, 1.54) is 4.31 Å². The van der Waals surface area contributed by atoms with Crippen LogP contribution in [0.15, 0.2) is 24.3 Å². The highest BCUT2D eigenvalue weighted by Gasteiger charge is 2.37. The molecule has 138 valence electrons. The molecule has 0 N–H and O–H groups in total. The second-order valence-electron chi connectivity index (χ2n) is 6.60. The molecule has 0 aromatic heterocycles. The second kappa shape index (κ2) is 6.69. The van der Waals surface area contributed by atoms with E-state index in [1.54, 1.807) is 4.90 Å². The lowest BCUT2D eigenvalue weighted by molar-refractivity contribution is -0.118. The van der Waals surface area contributed by atoms with Crippen LogP contribution in [0.2, 0.25) is 0 Å². The molecule has 0 spiro atoms. The van der Waals surface area contributed by atoms with Gasteiger partial charge in [0.2, 0.25) is 15.9 Å². The van der Waals surface area contributed by atoms with Crippen LogP contribution >= 0.6 is 0 Å². The van der Waals surface area contributed by atoms with Crippen molar-refractivity contribution in [2.45, 2.75) is 25.3 Å². The maximum atomic E-state index is 12.6. The molecule has 25 heavy (non-hydrogen) atoms. The number of amides is 1. The third-order valence-electron chi connectivity index (χ3n) is 4.78. The number of carbonyl (C=O) groups is 1. The van der Waals surface area contributed by atoms with Gasteiger partial charge >= 0.3 is 0 Å². The van der Waals surface area contributed by atoms with Crippen LogP contribution in [-0.4, -0.2) is 63.9 Å². The fourth-order valence-corrected chi connectivity index (χ4v) is 6.53. The van der Waals surface area contributed by atoms with Crippen LogP contribution in [0, 0.1) is 0 Å². The predicted octanol–water partition coefficient (Wildman–Crippen LogP) is 0.415. The van der Waals surface area contributed by atoms with Crippen molar-refractivity contribution in [3.05, 3.63) is 29.8 Å². The van der Waals surface area contributed by atoms with Gasteiger partial charge in [0, 0.05) is 31.2 Å². The number of carbonyl (C=O) groups excluding carboxylic acids is 1. The molecule has 3 rings (SSSR count). The highest BCUT2D eigenvalue weighted by atomic mass is 32.2. The monoisotopic (exact) mass is 386 g/mol. The SMILES string of the molecule is CS(=O)(=O)N(CCC(=O)N1CCc2ccccc21)C1CCS(=O)(=O)C1. The van der Waals surface area contributed by atoms with Gasteiger partial charge in [0.25, 0.3) is 0 Å². The predicted molar refractivity (Wildman–Crippen MR) is 95.7 cm³/mol. The first kappa shape index (κ1) is 18.3. The molecule has 7 nitrogen and oxygen atoms in total. The molecule has 1 aromatic rings. The Balaban J connectivity index is 1.69. The van der Waals surface area contributed by atoms with E-state index < -0.39 is 25.9 Å². The Morgan fingerprint density at radius 1 is 1.32 bits per heavy atom. The fourth-order valence-electron chi connectivity index (χ4n) is 3.56. The van der Waals surface area contributed by atoms with E-state index in [0.29, 0.717) is 6.54 Å². The Kier molecular flexibility index (Phi) is 4.91. The quantitative estimate of drug-likeness (QED) is 0.731. The smallest absolute Gasteiger partial charge is 0.228 e. The van der Waals surface area contributed by atoms with Crippen molar-refractivity contribution in [1.82, 2.24) is 4.31 Å². The van der Waals surface area contributed by atoms with Crippen molar-refractivity contribution in [3.63, 3.8) is 0 Å². The Bertz CT molecular complexity index is 880. The summed E-state index contributed by atoms with van der Waals surface area (Å²) in [5.41, 5.74) is 1.99. The Hall–Kier alpha value is -1.45. The molecule has 1 fully saturated rings. The molecule has 1 saturated heterocycles. The number of hydrogen-bond donors (Lipinski definition) is 0. The zero-order chi connectivity index (χ0) is 18.2. The maximum Gasteiger partial charge on any atom is 0.228 e. The zero-order valence-corrected chi connectivity index (χ0v) is 15.7. The zero-order valence-electron chi connectivity index (χ0n) is 14.1. The minimum Gasteiger partial charge on any atom is -0.312 e. The molecule has 2 aliphatic heterocycles. The second-order valence-corrected chi connectivity index (χ2v) is 10.8. The number of sulfone groups is 1. The van der Waals surface area contributed by atoms with E-state index >= 15 is 0 Å². The van der Waals surface area contributed by atoms with E-state index in [4.69, 9.17) is 0 Å². The molecule has 2 heterocycles. The summed E-state index contributed by atoms with van der Waals surface area (Å²) in [5.74, 6) is -0.308. The molecule has 0 bridgehead atoms. The number of fused-ring (bicyclic) bond motifs is 1. The summed E-state index contributed by atoms with van der Waals surface area (Å²) in [7, 11) is -6.78. The molecular formula is C16H22N2O5S2. The highest BCUT2D eigenvalue weighted by molar-refractivity contribution is 7.92. The highest BCUT2D eigenvalue weighted by Crippen LogP contribution is 2.28. The Labute approximate surface area is 148 Å². The topological polar surface area (TPSA) is 91.8 Å². The van der Waals surface area contributed by atoms with Crippen LogP contribution in [0.4, 0.5) is 5.69 Å². The van der Waals surface area contributed by atoms with Crippen molar-refractivity contribution in [2.24, 2.45) is 0 Å². The molecular weight excluding hydrogens is 364 g/mol. The van der Waals surface area contributed by atoms with Gasteiger partial charge in [-0.25, -0.2) is 16.8 Å². The summed E-state index contributed by atoms with van der Waals surface area (Å²) in [5, 5.41) is 0. The van der Waals surface area contributed by atoms with Gasteiger partial charge < -0.3 is 4.90 Å².